The quantitative estimate of drug-likeness (QED) is 0.392. The van der Waals surface area contributed by atoms with Gasteiger partial charge in [0.1, 0.15) is 11.5 Å². The topological polar surface area (TPSA) is 88.5 Å². The van der Waals surface area contributed by atoms with Gasteiger partial charge in [0.15, 0.2) is 11.5 Å². The molecule has 0 saturated carbocycles. The van der Waals surface area contributed by atoms with E-state index >= 15 is 0 Å². The van der Waals surface area contributed by atoms with Crippen molar-refractivity contribution in [1.29, 1.82) is 0 Å². The predicted molar refractivity (Wildman–Crippen MR) is 122 cm³/mol. The van der Waals surface area contributed by atoms with Crippen molar-refractivity contribution in [3.05, 3.63) is 59.2 Å². The standard InChI is InChI=1S/C25H28N2O6/c1-15(2)33-18-8-5-16(6-9-18)22-21(24(29)25(30)27(22)12-11-26(3)4)23(28)17-7-10-19-20(13-17)32-14-31-19/h5-10,13,15,22,28H,11-12,14H2,1-4H3/b23-21-. The maximum atomic E-state index is 13.1. The number of Topliss-reactive ketones (excluding diaryl/α,β-unsaturated/α-hetero) is 1. The highest BCUT2D eigenvalue weighted by atomic mass is 16.7. The number of carbonyl (C=O) groups excluding carboxylic acids is 2. The number of ether oxygens (including phenoxy) is 3. The molecule has 1 atom stereocenters. The van der Waals surface area contributed by atoms with E-state index in [4.69, 9.17) is 14.2 Å². The molecule has 2 aromatic rings. The fourth-order valence-electron chi connectivity index (χ4n) is 3.97. The zero-order chi connectivity index (χ0) is 23.7. The lowest BCUT2D eigenvalue weighted by Crippen LogP contribution is -2.35. The Hall–Kier alpha value is -3.52. The van der Waals surface area contributed by atoms with Crippen molar-refractivity contribution in [2.45, 2.75) is 26.0 Å². The van der Waals surface area contributed by atoms with Crippen LogP contribution in [0.2, 0.25) is 0 Å². The van der Waals surface area contributed by atoms with E-state index in [1.807, 2.05) is 57.1 Å². The van der Waals surface area contributed by atoms with Gasteiger partial charge in [-0.2, -0.15) is 0 Å². The molecule has 1 unspecified atom stereocenters. The Kier molecular flexibility index (Phi) is 6.29. The fourth-order valence-corrected chi connectivity index (χ4v) is 3.97. The highest BCUT2D eigenvalue weighted by Crippen LogP contribution is 2.41. The number of rotatable bonds is 7. The van der Waals surface area contributed by atoms with E-state index in [0.29, 0.717) is 41.5 Å². The summed E-state index contributed by atoms with van der Waals surface area (Å²) < 4.78 is 16.5. The maximum absolute atomic E-state index is 13.1. The van der Waals surface area contributed by atoms with Gasteiger partial charge in [-0.25, -0.2) is 0 Å². The van der Waals surface area contributed by atoms with E-state index in [1.54, 1.807) is 18.2 Å². The predicted octanol–water partition coefficient (Wildman–Crippen LogP) is 3.19. The smallest absolute Gasteiger partial charge is 0.295 e. The minimum absolute atomic E-state index is 0.0209. The summed E-state index contributed by atoms with van der Waals surface area (Å²) in [6.45, 7) is 4.89. The summed E-state index contributed by atoms with van der Waals surface area (Å²) in [5, 5.41) is 11.2. The third kappa shape index (κ3) is 4.52. The third-order valence-corrected chi connectivity index (χ3v) is 5.54. The first-order chi connectivity index (χ1) is 15.8. The second-order valence-electron chi connectivity index (χ2n) is 8.60. The molecular formula is C25H28N2O6. The molecule has 0 spiro atoms. The van der Waals surface area contributed by atoms with Crippen molar-refractivity contribution in [2.75, 3.05) is 34.0 Å². The van der Waals surface area contributed by atoms with Crippen LogP contribution in [0.5, 0.6) is 17.2 Å². The van der Waals surface area contributed by atoms with Gasteiger partial charge in [0.2, 0.25) is 6.79 Å². The van der Waals surface area contributed by atoms with E-state index in [9.17, 15) is 14.7 Å². The molecule has 174 valence electrons. The summed E-state index contributed by atoms with van der Waals surface area (Å²) in [4.78, 5) is 29.5. The summed E-state index contributed by atoms with van der Waals surface area (Å²) in [5.41, 5.74) is 1.15. The molecule has 8 nitrogen and oxygen atoms in total. The third-order valence-electron chi connectivity index (χ3n) is 5.54. The molecule has 33 heavy (non-hydrogen) atoms. The van der Waals surface area contributed by atoms with Crippen molar-refractivity contribution in [3.63, 3.8) is 0 Å². The van der Waals surface area contributed by atoms with Crippen LogP contribution in [0.3, 0.4) is 0 Å². The molecule has 8 heteroatoms. The average molecular weight is 453 g/mol. The summed E-state index contributed by atoms with van der Waals surface area (Å²) in [6.07, 6.45) is 0.0209. The van der Waals surface area contributed by atoms with Crippen LogP contribution in [0.1, 0.15) is 31.0 Å². The number of hydrogen-bond acceptors (Lipinski definition) is 7. The molecule has 1 N–H and O–H groups in total. The Balaban J connectivity index is 1.78. The highest BCUT2D eigenvalue weighted by molar-refractivity contribution is 6.46. The van der Waals surface area contributed by atoms with Gasteiger partial charge in [-0.05, 0) is 63.8 Å². The van der Waals surface area contributed by atoms with Gasteiger partial charge >= 0.3 is 0 Å². The van der Waals surface area contributed by atoms with E-state index in [-0.39, 0.29) is 24.2 Å². The van der Waals surface area contributed by atoms with Crippen LogP contribution in [-0.4, -0.2) is 66.7 Å². The lowest BCUT2D eigenvalue weighted by atomic mass is 9.95. The number of benzene rings is 2. The van der Waals surface area contributed by atoms with Gasteiger partial charge in [-0.1, -0.05) is 12.1 Å². The first-order valence-electron chi connectivity index (χ1n) is 10.9. The van der Waals surface area contributed by atoms with Gasteiger partial charge in [0.05, 0.1) is 17.7 Å². The molecule has 1 fully saturated rings. The Bertz CT molecular complexity index is 1090. The summed E-state index contributed by atoms with van der Waals surface area (Å²) in [6, 6.07) is 11.5. The van der Waals surface area contributed by atoms with Crippen LogP contribution < -0.4 is 14.2 Å². The Morgan fingerprint density at radius 2 is 1.82 bits per heavy atom. The second kappa shape index (κ2) is 9.15. The normalized spacial score (nSPS) is 19.1. The van der Waals surface area contributed by atoms with Crippen LogP contribution in [0.4, 0.5) is 0 Å². The molecule has 0 aliphatic carbocycles. The minimum atomic E-state index is -0.719. The van der Waals surface area contributed by atoms with Crippen LogP contribution in [-0.2, 0) is 9.59 Å². The van der Waals surface area contributed by atoms with Gasteiger partial charge in [0, 0.05) is 18.7 Å². The molecule has 4 rings (SSSR count). The van der Waals surface area contributed by atoms with Crippen molar-refractivity contribution in [3.8, 4) is 17.2 Å². The monoisotopic (exact) mass is 452 g/mol. The number of fused-ring (bicyclic) bond motifs is 1. The number of aliphatic hydroxyl groups is 1. The van der Waals surface area contributed by atoms with Crippen LogP contribution in [0.15, 0.2) is 48.0 Å². The number of carbonyl (C=O) groups is 2. The van der Waals surface area contributed by atoms with Gasteiger partial charge in [-0.3, -0.25) is 9.59 Å². The van der Waals surface area contributed by atoms with E-state index in [0.717, 1.165) is 0 Å². The van der Waals surface area contributed by atoms with Crippen molar-refractivity contribution < 1.29 is 28.9 Å². The Labute approximate surface area is 193 Å². The van der Waals surface area contributed by atoms with E-state index in [2.05, 4.69) is 0 Å². The molecule has 1 amide bonds. The number of ketones is 1. The number of amides is 1. The van der Waals surface area contributed by atoms with Gasteiger partial charge in [0.25, 0.3) is 11.7 Å². The molecule has 2 aliphatic rings. The van der Waals surface area contributed by atoms with Gasteiger partial charge in [-0.15, -0.1) is 0 Å². The number of likely N-dealkylation sites (tertiary alicyclic amines) is 1. The number of aliphatic hydroxyl groups excluding tert-OH is 1. The van der Waals surface area contributed by atoms with Crippen LogP contribution in [0.25, 0.3) is 5.76 Å². The minimum Gasteiger partial charge on any atom is -0.507 e. The SMILES string of the molecule is CC(C)Oc1ccc(C2/C(=C(/O)c3ccc4c(c3)OCO4)C(=O)C(=O)N2CCN(C)C)cc1. The average Bonchev–Trinajstić information content (AvgIpc) is 3.34. The number of likely N-dealkylation sites (N-methyl/N-ethyl adjacent to an activating group) is 1. The zero-order valence-electron chi connectivity index (χ0n) is 19.2. The van der Waals surface area contributed by atoms with Crippen LogP contribution in [0, 0.1) is 0 Å². The van der Waals surface area contributed by atoms with Crippen molar-refractivity contribution in [1.82, 2.24) is 9.80 Å². The zero-order valence-corrected chi connectivity index (χ0v) is 19.2. The summed E-state index contributed by atoms with van der Waals surface area (Å²) >= 11 is 0. The molecule has 1 saturated heterocycles. The molecule has 2 aromatic carbocycles. The molecule has 0 aromatic heterocycles. The van der Waals surface area contributed by atoms with E-state index < -0.39 is 17.7 Å². The Morgan fingerprint density at radius 1 is 1.12 bits per heavy atom. The molecule has 0 radical (unpaired) electrons. The van der Waals surface area contributed by atoms with Crippen molar-refractivity contribution in [2.24, 2.45) is 0 Å². The molecule has 2 heterocycles. The Morgan fingerprint density at radius 3 is 2.48 bits per heavy atom. The fraction of sp³-hybridized carbons (Fsp3) is 0.360. The number of hydrogen-bond donors (Lipinski definition) is 1. The number of nitrogens with zero attached hydrogens (tertiary/aromatic N) is 2. The van der Waals surface area contributed by atoms with E-state index in [1.165, 1.54) is 4.90 Å². The second-order valence-corrected chi connectivity index (χ2v) is 8.60. The molecule has 2 aliphatic heterocycles. The van der Waals surface area contributed by atoms with Crippen LogP contribution >= 0.6 is 0 Å². The lowest BCUT2D eigenvalue weighted by molar-refractivity contribution is -0.140. The lowest BCUT2D eigenvalue weighted by Gasteiger charge is -2.26. The molecule has 0 bridgehead atoms. The first kappa shape index (κ1) is 22.7. The summed E-state index contributed by atoms with van der Waals surface area (Å²) in [7, 11) is 3.80. The van der Waals surface area contributed by atoms with Crippen molar-refractivity contribution >= 4 is 17.4 Å². The molecular weight excluding hydrogens is 424 g/mol. The van der Waals surface area contributed by atoms with Gasteiger partial charge < -0.3 is 29.1 Å². The maximum Gasteiger partial charge on any atom is 0.295 e. The largest absolute Gasteiger partial charge is 0.507 e. The summed E-state index contributed by atoms with van der Waals surface area (Å²) in [5.74, 6) is 0.146. The highest BCUT2D eigenvalue weighted by Gasteiger charge is 2.46. The first-order valence-corrected chi connectivity index (χ1v) is 10.9.